The van der Waals surface area contributed by atoms with Crippen molar-refractivity contribution in [1.82, 2.24) is 34.4 Å². The van der Waals surface area contributed by atoms with E-state index in [2.05, 4.69) is 20.2 Å². The van der Waals surface area contributed by atoms with E-state index in [1.165, 1.54) is 54.2 Å². The molecule has 4 aromatic carbocycles. The van der Waals surface area contributed by atoms with Crippen LogP contribution in [0.1, 0.15) is 53.1 Å². The van der Waals surface area contributed by atoms with Crippen molar-refractivity contribution in [1.29, 1.82) is 0 Å². The molecule has 3 heterocycles. The van der Waals surface area contributed by atoms with E-state index >= 15 is 13.2 Å². The molecule has 22 heteroatoms. The zero-order valence-electron chi connectivity index (χ0n) is 32.4. The summed E-state index contributed by atoms with van der Waals surface area (Å²) >= 11 is 6.59. The molecule has 0 bridgehead atoms. The molecule has 0 aliphatic heterocycles. The third-order valence-corrected chi connectivity index (χ3v) is 11.9. The first-order valence-electron chi connectivity index (χ1n) is 18.9. The van der Waals surface area contributed by atoms with Crippen molar-refractivity contribution in [2.75, 3.05) is 11.0 Å². The summed E-state index contributed by atoms with van der Waals surface area (Å²) in [5.74, 6) is -11.9. The van der Waals surface area contributed by atoms with Crippen molar-refractivity contribution in [3.8, 4) is 16.8 Å². The average molecular weight is 917 g/mol. The number of amides is 1. The number of anilines is 1. The van der Waals surface area contributed by atoms with Crippen LogP contribution in [0.3, 0.4) is 0 Å². The van der Waals surface area contributed by atoms with Crippen LogP contribution >= 0.6 is 11.6 Å². The number of hydrogen-bond acceptors (Lipinski definition) is 7. The Morgan fingerprint density at radius 3 is 2.43 bits per heavy atom. The maximum Gasteiger partial charge on any atom is 0.293 e. The first-order valence-corrected chi connectivity index (χ1v) is 21.1. The molecule has 0 unspecified atom stereocenters. The molecule has 9 rings (SSSR count). The number of aromatic nitrogens is 6. The van der Waals surface area contributed by atoms with Crippen molar-refractivity contribution in [2.45, 2.75) is 43.7 Å². The number of nitrogens with zero attached hydrogens (tertiary/aromatic N) is 6. The second-order valence-corrected chi connectivity index (χ2v) is 17.5. The van der Waals surface area contributed by atoms with E-state index in [0.29, 0.717) is 10.7 Å². The van der Waals surface area contributed by atoms with Crippen molar-refractivity contribution >= 4 is 55.2 Å². The van der Waals surface area contributed by atoms with Gasteiger partial charge in [0.2, 0.25) is 15.9 Å². The summed E-state index contributed by atoms with van der Waals surface area (Å²) in [4.78, 5) is 33.8. The summed E-state index contributed by atoms with van der Waals surface area (Å²) < 4.78 is 148. The minimum Gasteiger partial charge on any atom is -0.344 e. The van der Waals surface area contributed by atoms with Gasteiger partial charge in [0.25, 0.3) is 17.9 Å². The van der Waals surface area contributed by atoms with Crippen LogP contribution in [0.4, 0.5) is 40.9 Å². The minimum atomic E-state index is -3.96. The fraction of sp³-hybridized carbons (Fsp3) is 0.244. The highest BCUT2D eigenvalue weighted by atomic mass is 35.5. The third kappa shape index (κ3) is 7.25. The highest BCUT2D eigenvalue weighted by molar-refractivity contribution is 7.92. The van der Waals surface area contributed by atoms with Crippen molar-refractivity contribution < 1.29 is 48.3 Å². The van der Waals surface area contributed by atoms with Crippen LogP contribution in [-0.2, 0) is 40.8 Å². The number of halogens is 9. The number of rotatable bonds is 11. The van der Waals surface area contributed by atoms with Gasteiger partial charge in [0.15, 0.2) is 17.5 Å². The Kier molecular flexibility index (Phi) is 9.92. The van der Waals surface area contributed by atoms with Gasteiger partial charge in [0.05, 0.1) is 44.8 Å². The maximum atomic E-state index is 15.5. The number of nitrogens with one attached hydrogen (secondary N) is 2. The molecule has 3 atom stereocenters. The molecule has 0 saturated heterocycles. The molecule has 2 N–H and O–H groups in total. The van der Waals surface area contributed by atoms with Crippen LogP contribution in [0.5, 0.6) is 0 Å². The van der Waals surface area contributed by atoms with E-state index in [1.807, 2.05) is 0 Å². The van der Waals surface area contributed by atoms with Gasteiger partial charge in [-0.1, -0.05) is 29.8 Å². The Bertz CT molecular complexity index is 3250. The third-order valence-electron chi connectivity index (χ3n) is 11.1. The van der Waals surface area contributed by atoms with E-state index in [-0.39, 0.29) is 67.0 Å². The Morgan fingerprint density at radius 1 is 1.00 bits per heavy atom. The predicted molar refractivity (Wildman–Crippen MR) is 213 cm³/mol. The number of hydrogen-bond donors (Lipinski definition) is 2. The summed E-state index contributed by atoms with van der Waals surface area (Å²) in [5, 5.41) is 10.4. The molecule has 2 aliphatic carbocycles. The van der Waals surface area contributed by atoms with Crippen LogP contribution in [0.25, 0.3) is 38.6 Å². The lowest BCUT2D eigenvalue weighted by Gasteiger charge is -2.24. The number of carbonyl (C=O) groups excluding carboxylic acids is 1. The smallest absolute Gasteiger partial charge is 0.293 e. The fourth-order valence-corrected chi connectivity index (χ4v) is 9.21. The zero-order chi connectivity index (χ0) is 45.0. The first kappa shape index (κ1) is 42.0. The number of alkyl halides is 4. The molecule has 1 fully saturated rings. The Labute approximate surface area is 355 Å². The summed E-state index contributed by atoms with van der Waals surface area (Å²) in [6.07, 6.45) is -2.97. The number of benzene rings is 4. The van der Waals surface area contributed by atoms with Gasteiger partial charge in [-0.15, -0.1) is 0 Å². The highest BCUT2D eigenvalue weighted by Crippen LogP contribution is 2.68. The van der Waals surface area contributed by atoms with E-state index in [4.69, 9.17) is 16.6 Å². The molecular weight excluding hydrogens is 888 g/mol. The molecule has 0 spiro atoms. The van der Waals surface area contributed by atoms with Crippen LogP contribution in [0, 0.1) is 29.2 Å². The normalized spacial score (nSPS) is 17.0. The molecular formula is C41H29ClF8N8O4S. The predicted octanol–water partition coefficient (Wildman–Crippen LogP) is 7.96. The summed E-state index contributed by atoms with van der Waals surface area (Å²) in [5.41, 5.74) is -3.40. The van der Waals surface area contributed by atoms with Crippen LogP contribution in [-0.4, -0.2) is 49.7 Å². The van der Waals surface area contributed by atoms with Crippen LogP contribution in [0.15, 0.2) is 71.5 Å². The highest BCUT2D eigenvalue weighted by Gasteiger charge is 2.67. The van der Waals surface area contributed by atoms with Crippen LogP contribution < -0.4 is 15.6 Å². The van der Waals surface area contributed by atoms with Gasteiger partial charge in [-0.25, -0.2) is 39.7 Å². The quantitative estimate of drug-likeness (QED) is 0.125. The minimum absolute atomic E-state index is 0.00565. The van der Waals surface area contributed by atoms with E-state index in [1.54, 1.807) is 0 Å². The topological polar surface area (TPSA) is 146 Å². The lowest BCUT2D eigenvalue weighted by molar-refractivity contribution is -0.123. The standard InChI is InChI=1S/C41H29ClF8N8O4S/c1-56-35-29(9-8-25(42)32(35)38(54-56)55-63(2,61)62)58-39(52-27-13-18(6-7-22(27)40(58)60)21-4-3-5-26(45)33(21)46)28(12-17-10-19(43)14-20(44)11-17)51-30(59)16-57-36-31(34(53-57)37(47)48)23-15-24(23)41(36,49)50/h3-11,13-14,23-24,28,37H,12,15-16H2,1-2H3,(H,51,59)(H,54,55)/t23-,24+,28-/m0/s1. The monoisotopic (exact) mass is 916 g/mol. The molecule has 63 heavy (non-hydrogen) atoms. The van der Waals surface area contributed by atoms with Gasteiger partial charge in [-0.2, -0.15) is 19.0 Å². The largest absolute Gasteiger partial charge is 0.344 e. The first-order chi connectivity index (χ1) is 29.7. The van der Waals surface area contributed by atoms with Gasteiger partial charge in [-0.3, -0.25) is 28.2 Å². The number of fused-ring (bicyclic) bond motifs is 5. The van der Waals surface area contributed by atoms with E-state index in [0.717, 1.165) is 29.0 Å². The molecule has 0 radical (unpaired) electrons. The molecule has 3 aromatic heterocycles. The van der Waals surface area contributed by atoms with E-state index < -0.39 is 105 Å². The Morgan fingerprint density at radius 2 is 1.73 bits per heavy atom. The maximum absolute atomic E-state index is 15.5. The molecule has 1 amide bonds. The second kappa shape index (κ2) is 14.9. The molecule has 2 aliphatic rings. The zero-order valence-corrected chi connectivity index (χ0v) is 34.0. The van der Waals surface area contributed by atoms with Gasteiger partial charge < -0.3 is 5.32 Å². The second-order valence-electron chi connectivity index (χ2n) is 15.4. The Balaban J connectivity index is 1.27. The summed E-state index contributed by atoms with van der Waals surface area (Å²) in [6.45, 7) is -1.05. The molecule has 1 saturated carbocycles. The SMILES string of the molecule is Cn1nc(NS(C)(=O)=O)c2c(Cl)ccc(-n3c([C@H](Cc4cc(F)cc(F)c4)NC(=O)Cn4nc(C(F)F)c5c4C(F)(F)[C@@H]4C[C@H]54)nc4cc(-c5cccc(F)c5F)ccc4c3=O)c21. The van der Waals surface area contributed by atoms with E-state index in [9.17, 15) is 40.0 Å². The molecule has 12 nitrogen and oxygen atoms in total. The number of sulfonamides is 1. The van der Waals surface area contributed by atoms with Crippen molar-refractivity contribution in [2.24, 2.45) is 13.0 Å². The summed E-state index contributed by atoms with van der Waals surface area (Å²) in [6, 6.07) is 10.7. The Hall–Kier alpha value is -6.35. The fourth-order valence-electron chi connectivity index (χ4n) is 8.47. The lowest BCUT2D eigenvalue weighted by atomic mass is 10.0. The van der Waals surface area contributed by atoms with Gasteiger partial charge >= 0.3 is 0 Å². The summed E-state index contributed by atoms with van der Waals surface area (Å²) in [7, 11) is -2.56. The average Bonchev–Trinajstić information content (AvgIpc) is 3.74. The number of aryl methyl sites for hydroxylation is 1. The lowest BCUT2D eigenvalue weighted by Crippen LogP contribution is -2.38. The van der Waals surface area contributed by atoms with Crippen molar-refractivity contribution in [3.63, 3.8) is 0 Å². The van der Waals surface area contributed by atoms with Gasteiger partial charge in [0, 0.05) is 36.6 Å². The molecule has 326 valence electrons. The van der Waals surface area contributed by atoms with Crippen LogP contribution in [0.2, 0.25) is 5.02 Å². The van der Waals surface area contributed by atoms with Gasteiger partial charge in [-0.05, 0) is 65.9 Å². The van der Waals surface area contributed by atoms with Crippen molar-refractivity contribution in [3.05, 3.63) is 134 Å². The molecule has 7 aromatic rings. The van der Waals surface area contributed by atoms with Gasteiger partial charge in [0.1, 0.15) is 35.4 Å². The number of carbonyl (C=O) groups is 1.